The van der Waals surface area contributed by atoms with E-state index in [0.29, 0.717) is 11.8 Å². The van der Waals surface area contributed by atoms with Gasteiger partial charge in [0.15, 0.2) is 6.61 Å². The highest BCUT2D eigenvalue weighted by Gasteiger charge is 2.23. The first kappa shape index (κ1) is 16.5. The molecule has 0 bridgehead atoms. The van der Waals surface area contributed by atoms with Crippen LogP contribution in [0.2, 0.25) is 0 Å². The van der Waals surface area contributed by atoms with E-state index >= 15 is 0 Å². The Morgan fingerprint density at radius 1 is 1.33 bits per heavy atom. The summed E-state index contributed by atoms with van der Waals surface area (Å²) in [7, 11) is 0. The van der Waals surface area contributed by atoms with Crippen LogP contribution in [0.15, 0.2) is 42.7 Å². The van der Waals surface area contributed by atoms with E-state index in [9.17, 15) is 4.79 Å². The van der Waals surface area contributed by atoms with Gasteiger partial charge in [0.2, 0.25) is 0 Å². The number of nitrogens with two attached hydrogens (primary N) is 1. The molecule has 3 rings (SSSR count). The molecular weight excluding hydrogens is 304 g/mol. The Hall–Kier alpha value is -2.34. The number of likely N-dealkylation sites (tertiary alicyclic amines) is 1. The third-order valence-corrected chi connectivity index (χ3v) is 4.37. The molecule has 0 aliphatic carbocycles. The first-order valence-corrected chi connectivity index (χ1v) is 8.42. The second-order valence-corrected chi connectivity index (χ2v) is 6.25. The molecule has 1 fully saturated rings. The second-order valence-electron chi connectivity index (χ2n) is 6.25. The zero-order valence-corrected chi connectivity index (χ0v) is 13.8. The Bertz CT molecular complexity index is 657. The fourth-order valence-electron chi connectivity index (χ4n) is 3.22. The number of aromatic nitrogens is 2. The fourth-order valence-corrected chi connectivity index (χ4v) is 3.22. The van der Waals surface area contributed by atoms with Gasteiger partial charge in [-0.1, -0.05) is 18.6 Å². The molecular formula is C18H24N4O2. The highest BCUT2D eigenvalue weighted by molar-refractivity contribution is 5.75. The summed E-state index contributed by atoms with van der Waals surface area (Å²) in [4.78, 5) is 13.4. The maximum Gasteiger partial charge on any atom is 0.255 e. The monoisotopic (exact) mass is 328 g/mol. The van der Waals surface area contributed by atoms with Crippen LogP contribution < -0.4 is 10.5 Å². The van der Waals surface area contributed by atoms with Gasteiger partial charge in [0.05, 0.1) is 6.54 Å². The van der Waals surface area contributed by atoms with Crippen molar-refractivity contribution in [3.63, 3.8) is 0 Å². The van der Waals surface area contributed by atoms with Gasteiger partial charge in [-0.05, 0) is 43.1 Å². The Balaban J connectivity index is 1.64. The van der Waals surface area contributed by atoms with Crippen molar-refractivity contribution in [1.29, 1.82) is 0 Å². The average Bonchev–Trinajstić information content (AvgIpc) is 3.08. The zero-order valence-electron chi connectivity index (χ0n) is 13.8. The number of carbonyl (C=O) groups is 1. The Kier molecular flexibility index (Phi) is 5.48. The summed E-state index contributed by atoms with van der Waals surface area (Å²) in [6.07, 6.45) is 7.53. The predicted octanol–water partition coefficient (Wildman–Crippen LogP) is 1.80. The standard InChI is InChI=1S/C18H24N4O2/c19-18(23)14-24-17-7-3-5-15(11-17)12-21-9-2-1-6-16(21)13-22-10-4-8-20-22/h3-5,7-8,10-11,16H,1-2,6,9,12-14H2,(H2,19,23)/t16-/m1/s1. The first-order valence-electron chi connectivity index (χ1n) is 8.42. The smallest absolute Gasteiger partial charge is 0.255 e. The molecule has 1 aliphatic heterocycles. The summed E-state index contributed by atoms with van der Waals surface area (Å²) in [5, 5.41) is 4.33. The minimum atomic E-state index is -0.462. The zero-order chi connectivity index (χ0) is 16.8. The van der Waals surface area contributed by atoms with Crippen LogP contribution >= 0.6 is 0 Å². The molecule has 2 aromatic rings. The highest BCUT2D eigenvalue weighted by atomic mass is 16.5. The topological polar surface area (TPSA) is 73.4 Å². The number of ether oxygens (including phenoxy) is 1. The van der Waals surface area contributed by atoms with Gasteiger partial charge < -0.3 is 10.5 Å². The molecule has 1 aliphatic rings. The van der Waals surface area contributed by atoms with Gasteiger partial charge >= 0.3 is 0 Å². The van der Waals surface area contributed by atoms with Crippen molar-refractivity contribution >= 4 is 5.91 Å². The van der Waals surface area contributed by atoms with Crippen molar-refractivity contribution < 1.29 is 9.53 Å². The van der Waals surface area contributed by atoms with E-state index in [0.717, 1.165) is 19.6 Å². The molecule has 0 spiro atoms. The van der Waals surface area contributed by atoms with Crippen LogP contribution in [-0.2, 0) is 17.9 Å². The minimum absolute atomic E-state index is 0.0882. The van der Waals surface area contributed by atoms with Gasteiger partial charge in [0.1, 0.15) is 5.75 Å². The fraction of sp³-hybridized carbons (Fsp3) is 0.444. The van der Waals surface area contributed by atoms with E-state index in [1.807, 2.05) is 41.3 Å². The molecule has 1 aromatic carbocycles. The van der Waals surface area contributed by atoms with E-state index in [1.54, 1.807) is 0 Å². The summed E-state index contributed by atoms with van der Waals surface area (Å²) >= 11 is 0. The molecule has 1 atom stereocenters. The van der Waals surface area contributed by atoms with Crippen molar-refractivity contribution in [2.24, 2.45) is 5.73 Å². The van der Waals surface area contributed by atoms with Crippen LogP contribution in [0.4, 0.5) is 0 Å². The van der Waals surface area contributed by atoms with E-state index in [2.05, 4.69) is 16.1 Å². The van der Waals surface area contributed by atoms with Gasteiger partial charge in [-0.3, -0.25) is 14.4 Å². The molecule has 128 valence electrons. The van der Waals surface area contributed by atoms with Gasteiger partial charge in [0, 0.05) is 25.0 Å². The highest BCUT2D eigenvalue weighted by Crippen LogP contribution is 2.22. The first-order chi connectivity index (χ1) is 11.7. The van der Waals surface area contributed by atoms with E-state index < -0.39 is 5.91 Å². The molecule has 24 heavy (non-hydrogen) atoms. The molecule has 0 saturated carbocycles. The van der Waals surface area contributed by atoms with Crippen LogP contribution in [-0.4, -0.2) is 39.8 Å². The van der Waals surface area contributed by atoms with Crippen LogP contribution in [0.25, 0.3) is 0 Å². The molecule has 0 unspecified atom stereocenters. The number of primary amides is 1. The number of carbonyl (C=O) groups excluding carboxylic acids is 1. The van der Waals surface area contributed by atoms with Crippen LogP contribution in [0.5, 0.6) is 5.75 Å². The Morgan fingerprint density at radius 2 is 2.25 bits per heavy atom. The quantitative estimate of drug-likeness (QED) is 0.841. The summed E-state index contributed by atoms with van der Waals surface area (Å²) in [5.74, 6) is 0.225. The molecule has 6 heteroatoms. The lowest BCUT2D eigenvalue weighted by atomic mass is 10.0. The normalized spacial score (nSPS) is 18.4. The third-order valence-electron chi connectivity index (χ3n) is 4.37. The summed E-state index contributed by atoms with van der Waals surface area (Å²) in [6.45, 7) is 2.80. The number of hydrogen-bond donors (Lipinski definition) is 1. The molecule has 0 radical (unpaired) electrons. The van der Waals surface area contributed by atoms with E-state index in [-0.39, 0.29) is 6.61 Å². The lowest BCUT2D eigenvalue weighted by Crippen LogP contribution is -2.41. The Labute approximate surface area is 142 Å². The average molecular weight is 328 g/mol. The molecule has 1 saturated heterocycles. The molecule has 1 amide bonds. The minimum Gasteiger partial charge on any atom is -0.484 e. The number of hydrogen-bond acceptors (Lipinski definition) is 4. The lowest BCUT2D eigenvalue weighted by Gasteiger charge is -2.35. The van der Waals surface area contributed by atoms with Crippen LogP contribution in [0, 0.1) is 0 Å². The Morgan fingerprint density at radius 3 is 3.04 bits per heavy atom. The summed E-state index contributed by atoms with van der Waals surface area (Å²) in [5.41, 5.74) is 6.31. The van der Waals surface area contributed by atoms with Crippen molar-refractivity contribution in [1.82, 2.24) is 14.7 Å². The lowest BCUT2D eigenvalue weighted by molar-refractivity contribution is -0.119. The van der Waals surface area contributed by atoms with Gasteiger partial charge in [-0.2, -0.15) is 5.10 Å². The van der Waals surface area contributed by atoms with Gasteiger partial charge in [-0.15, -0.1) is 0 Å². The summed E-state index contributed by atoms with van der Waals surface area (Å²) < 4.78 is 7.41. The number of nitrogens with zero attached hydrogens (tertiary/aromatic N) is 3. The number of benzene rings is 1. The number of rotatable bonds is 7. The van der Waals surface area contributed by atoms with Gasteiger partial charge in [-0.25, -0.2) is 0 Å². The van der Waals surface area contributed by atoms with E-state index in [1.165, 1.54) is 24.8 Å². The van der Waals surface area contributed by atoms with Crippen molar-refractivity contribution in [2.45, 2.75) is 38.4 Å². The van der Waals surface area contributed by atoms with Crippen molar-refractivity contribution in [3.8, 4) is 5.75 Å². The number of piperidine rings is 1. The molecule has 6 nitrogen and oxygen atoms in total. The van der Waals surface area contributed by atoms with E-state index in [4.69, 9.17) is 10.5 Å². The summed E-state index contributed by atoms with van der Waals surface area (Å²) in [6, 6.07) is 10.3. The maximum atomic E-state index is 10.8. The van der Waals surface area contributed by atoms with Gasteiger partial charge in [0.25, 0.3) is 5.91 Å². The SMILES string of the molecule is NC(=O)COc1cccc(CN2CCCC[C@@H]2Cn2cccn2)c1. The largest absolute Gasteiger partial charge is 0.484 e. The van der Waals surface area contributed by atoms with Crippen LogP contribution in [0.1, 0.15) is 24.8 Å². The van der Waals surface area contributed by atoms with Crippen molar-refractivity contribution in [3.05, 3.63) is 48.3 Å². The van der Waals surface area contributed by atoms with Crippen LogP contribution in [0.3, 0.4) is 0 Å². The maximum absolute atomic E-state index is 10.8. The second kappa shape index (κ2) is 7.97. The van der Waals surface area contributed by atoms with Crippen molar-refractivity contribution in [2.75, 3.05) is 13.2 Å². The molecule has 2 heterocycles. The molecule has 1 aromatic heterocycles. The predicted molar refractivity (Wildman–Crippen MR) is 91.4 cm³/mol. The number of amides is 1. The molecule has 2 N–H and O–H groups in total. The third kappa shape index (κ3) is 4.58.